The molecule has 2 aromatic carbocycles. The lowest BCUT2D eigenvalue weighted by Gasteiger charge is -2.33. The van der Waals surface area contributed by atoms with E-state index in [2.05, 4.69) is 4.40 Å². The fourth-order valence-corrected chi connectivity index (χ4v) is 5.26. The van der Waals surface area contributed by atoms with Crippen LogP contribution in [-0.4, -0.2) is 31.5 Å². The number of Topliss-reactive ketones (excluding diaryl/α,β-unsaturated/α-hetero) is 3. The minimum atomic E-state index is -4.07. The van der Waals surface area contributed by atoms with E-state index in [-0.39, 0.29) is 46.2 Å². The SMILES string of the molecule is Cc1ccc(S(=O)(=O)/N=C2/C=C(C3C(=O)CC(C)(C)CC3=O)C(=O)c3ccccc32)cc1. The molecule has 1 saturated carbocycles. The number of benzene rings is 2. The van der Waals surface area contributed by atoms with Gasteiger partial charge in [-0.05, 0) is 30.5 Å². The summed E-state index contributed by atoms with van der Waals surface area (Å²) in [5, 5.41) is 0. The molecule has 2 aliphatic rings. The van der Waals surface area contributed by atoms with Gasteiger partial charge in [-0.15, -0.1) is 0 Å². The molecular formula is C25H23NO5S. The normalized spacial score (nSPS) is 20.3. The zero-order valence-electron chi connectivity index (χ0n) is 18.1. The second-order valence-electron chi connectivity index (χ2n) is 9.12. The second kappa shape index (κ2) is 7.74. The molecule has 32 heavy (non-hydrogen) atoms. The third-order valence-corrected chi connectivity index (χ3v) is 7.10. The van der Waals surface area contributed by atoms with E-state index in [9.17, 15) is 22.8 Å². The lowest BCUT2D eigenvalue weighted by molar-refractivity contribution is -0.137. The highest BCUT2D eigenvalue weighted by Gasteiger charge is 2.44. The van der Waals surface area contributed by atoms with Gasteiger partial charge in [-0.2, -0.15) is 12.8 Å². The Balaban J connectivity index is 1.86. The summed E-state index contributed by atoms with van der Waals surface area (Å²) in [4.78, 5) is 38.9. The molecule has 0 heterocycles. The van der Waals surface area contributed by atoms with Gasteiger partial charge in [0.05, 0.1) is 10.6 Å². The Hall–Kier alpha value is -3.19. The van der Waals surface area contributed by atoms with Gasteiger partial charge >= 0.3 is 0 Å². The lowest BCUT2D eigenvalue weighted by Crippen LogP contribution is -2.41. The number of nitrogens with zero attached hydrogens (tertiary/aromatic N) is 1. The fourth-order valence-electron chi connectivity index (χ4n) is 4.27. The summed E-state index contributed by atoms with van der Waals surface area (Å²) in [5.74, 6) is -2.30. The Labute approximate surface area is 187 Å². The van der Waals surface area contributed by atoms with Crippen LogP contribution in [0.25, 0.3) is 0 Å². The molecule has 164 valence electrons. The van der Waals surface area contributed by atoms with E-state index < -0.39 is 27.1 Å². The van der Waals surface area contributed by atoms with E-state index in [1.807, 2.05) is 20.8 Å². The maximum Gasteiger partial charge on any atom is 0.282 e. The quantitative estimate of drug-likeness (QED) is 0.663. The third-order valence-electron chi connectivity index (χ3n) is 5.80. The average molecular weight is 450 g/mol. The van der Waals surface area contributed by atoms with Gasteiger partial charge in [0.2, 0.25) is 0 Å². The van der Waals surface area contributed by atoms with E-state index in [4.69, 9.17) is 0 Å². The Morgan fingerprint density at radius 2 is 1.44 bits per heavy atom. The number of fused-ring (bicyclic) bond motifs is 1. The molecule has 0 radical (unpaired) electrons. The van der Waals surface area contributed by atoms with Gasteiger partial charge in [0.15, 0.2) is 5.78 Å². The molecule has 6 nitrogen and oxygen atoms in total. The summed E-state index contributed by atoms with van der Waals surface area (Å²) in [6.07, 6.45) is 1.64. The summed E-state index contributed by atoms with van der Waals surface area (Å²) in [6, 6.07) is 12.8. The van der Waals surface area contributed by atoms with Crippen molar-refractivity contribution in [1.29, 1.82) is 0 Å². The van der Waals surface area contributed by atoms with Crippen LogP contribution in [0.3, 0.4) is 0 Å². The molecule has 0 unspecified atom stereocenters. The highest BCUT2D eigenvalue weighted by molar-refractivity contribution is 7.90. The molecule has 0 bridgehead atoms. The summed E-state index contributed by atoms with van der Waals surface area (Å²) in [7, 11) is -4.07. The maximum atomic E-state index is 13.2. The molecule has 1 fully saturated rings. The van der Waals surface area contributed by atoms with E-state index in [0.717, 1.165) is 5.56 Å². The van der Waals surface area contributed by atoms with Crippen molar-refractivity contribution in [3.63, 3.8) is 0 Å². The predicted octanol–water partition coefficient (Wildman–Crippen LogP) is 3.87. The van der Waals surface area contributed by atoms with Crippen LogP contribution in [0.2, 0.25) is 0 Å². The van der Waals surface area contributed by atoms with Crippen molar-refractivity contribution in [3.8, 4) is 0 Å². The van der Waals surface area contributed by atoms with E-state index in [1.54, 1.807) is 36.4 Å². The van der Waals surface area contributed by atoms with Crippen molar-refractivity contribution in [2.45, 2.75) is 38.5 Å². The van der Waals surface area contributed by atoms with Crippen LogP contribution in [0.4, 0.5) is 0 Å². The van der Waals surface area contributed by atoms with Crippen molar-refractivity contribution in [3.05, 3.63) is 76.9 Å². The first kappa shape index (κ1) is 22.0. The topological polar surface area (TPSA) is 97.7 Å². The van der Waals surface area contributed by atoms with Crippen LogP contribution in [0.15, 0.2) is 69.5 Å². The molecule has 0 aromatic heterocycles. The number of allylic oxidation sites excluding steroid dienone is 2. The van der Waals surface area contributed by atoms with Gasteiger partial charge in [-0.1, -0.05) is 55.8 Å². The smallest absolute Gasteiger partial charge is 0.282 e. The highest BCUT2D eigenvalue weighted by Crippen LogP contribution is 2.38. The van der Waals surface area contributed by atoms with Crippen molar-refractivity contribution in [2.24, 2.45) is 15.7 Å². The molecule has 0 aliphatic heterocycles. The van der Waals surface area contributed by atoms with Gasteiger partial charge in [-0.25, -0.2) is 0 Å². The molecule has 0 atom stereocenters. The van der Waals surface area contributed by atoms with Crippen LogP contribution >= 0.6 is 0 Å². The van der Waals surface area contributed by atoms with E-state index in [0.29, 0.717) is 5.56 Å². The average Bonchev–Trinajstić information content (AvgIpc) is 2.70. The molecule has 0 saturated heterocycles. The highest BCUT2D eigenvalue weighted by atomic mass is 32.2. The zero-order chi connectivity index (χ0) is 23.3. The molecular weight excluding hydrogens is 426 g/mol. The Morgan fingerprint density at radius 3 is 2.03 bits per heavy atom. The van der Waals surface area contributed by atoms with Crippen LogP contribution in [0, 0.1) is 18.3 Å². The molecule has 0 spiro atoms. The van der Waals surface area contributed by atoms with Gasteiger partial charge in [0, 0.05) is 29.5 Å². The summed E-state index contributed by atoms with van der Waals surface area (Å²) < 4.78 is 29.9. The largest absolute Gasteiger partial charge is 0.298 e. The molecule has 4 rings (SSSR count). The molecule has 7 heteroatoms. The van der Waals surface area contributed by atoms with Crippen LogP contribution in [-0.2, 0) is 19.6 Å². The molecule has 2 aromatic rings. The monoisotopic (exact) mass is 449 g/mol. The predicted molar refractivity (Wildman–Crippen MR) is 120 cm³/mol. The fraction of sp³-hybridized carbons (Fsp3) is 0.280. The van der Waals surface area contributed by atoms with E-state index in [1.165, 1.54) is 18.2 Å². The first-order chi connectivity index (χ1) is 15.0. The van der Waals surface area contributed by atoms with Crippen molar-refractivity contribution in [1.82, 2.24) is 0 Å². The molecule has 2 aliphatic carbocycles. The lowest BCUT2D eigenvalue weighted by atomic mass is 9.67. The number of ketones is 3. The minimum absolute atomic E-state index is 0.00736. The van der Waals surface area contributed by atoms with Gasteiger partial charge < -0.3 is 0 Å². The third kappa shape index (κ3) is 4.00. The standard InChI is InChI=1S/C25H23NO5S/c1-15-8-10-16(11-9-15)32(30,31)26-20-12-19(24(29)18-7-5-4-6-17(18)20)23-21(27)13-25(2,3)14-22(23)28/h4-12,23H,13-14H2,1-3H3/b26-20-. The van der Waals surface area contributed by atoms with Crippen LogP contribution in [0.5, 0.6) is 0 Å². The first-order valence-corrected chi connectivity index (χ1v) is 11.8. The summed E-state index contributed by atoms with van der Waals surface area (Å²) in [5.41, 5.74) is 1.06. The molecule has 0 amide bonds. The van der Waals surface area contributed by atoms with Gasteiger partial charge in [-0.3, -0.25) is 14.4 Å². The second-order valence-corrected chi connectivity index (χ2v) is 10.7. The Morgan fingerprint density at radius 1 is 0.875 bits per heavy atom. The van der Waals surface area contributed by atoms with Gasteiger partial charge in [0.25, 0.3) is 10.0 Å². The van der Waals surface area contributed by atoms with Crippen molar-refractivity contribution < 1.29 is 22.8 Å². The Bertz CT molecular complexity index is 1290. The Kier molecular flexibility index (Phi) is 5.33. The van der Waals surface area contributed by atoms with Crippen LogP contribution in [0.1, 0.15) is 48.2 Å². The van der Waals surface area contributed by atoms with E-state index >= 15 is 0 Å². The zero-order valence-corrected chi connectivity index (χ0v) is 18.9. The number of carbonyl (C=O) groups is 3. The van der Waals surface area contributed by atoms with Gasteiger partial charge in [0.1, 0.15) is 17.5 Å². The van der Waals surface area contributed by atoms with Crippen molar-refractivity contribution in [2.75, 3.05) is 0 Å². The molecule has 0 N–H and O–H groups in total. The number of hydrogen-bond donors (Lipinski definition) is 0. The minimum Gasteiger partial charge on any atom is -0.298 e. The number of rotatable bonds is 3. The number of carbonyl (C=O) groups excluding carboxylic acids is 3. The number of hydrogen-bond acceptors (Lipinski definition) is 5. The number of sulfonamides is 1. The van der Waals surface area contributed by atoms with Crippen LogP contribution < -0.4 is 0 Å². The maximum absolute atomic E-state index is 13.2. The van der Waals surface area contributed by atoms with Crippen molar-refractivity contribution >= 4 is 33.1 Å². The summed E-state index contributed by atoms with van der Waals surface area (Å²) >= 11 is 0. The summed E-state index contributed by atoms with van der Waals surface area (Å²) in [6.45, 7) is 5.53. The number of aryl methyl sites for hydroxylation is 1. The first-order valence-electron chi connectivity index (χ1n) is 10.3.